The van der Waals surface area contributed by atoms with Gasteiger partial charge in [0.15, 0.2) is 0 Å². The SMILES string of the molecule is Cc1ccc([N+](=O)[O-])cc1S(=O)(=O)N1CCSCC1. The van der Waals surface area contributed by atoms with Gasteiger partial charge in [-0.05, 0) is 12.5 Å². The lowest BCUT2D eigenvalue weighted by Crippen LogP contribution is -2.38. The molecule has 8 heteroatoms. The molecule has 1 aromatic carbocycles. The highest BCUT2D eigenvalue weighted by atomic mass is 32.2. The molecule has 2 rings (SSSR count). The van der Waals surface area contributed by atoms with Crippen LogP contribution in [0.25, 0.3) is 0 Å². The Morgan fingerprint density at radius 2 is 1.95 bits per heavy atom. The van der Waals surface area contributed by atoms with Gasteiger partial charge in [-0.15, -0.1) is 0 Å². The zero-order valence-corrected chi connectivity index (χ0v) is 12.0. The molecular formula is C11H14N2O4S2. The van der Waals surface area contributed by atoms with Crippen LogP contribution in [0.1, 0.15) is 5.56 Å². The molecule has 1 aliphatic rings. The Kier molecular flexibility index (Phi) is 4.12. The Bertz CT molecular complexity index is 595. The summed E-state index contributed by atoms with van der Waals surface area (Å²) >= 11 is 1.71. The summed E-state index contributed by atoms with van der Waals surface area (Å²) in [5.74, 6) is 1.51. The molecule has 0 spiro atoms. The number of hydrogen-bond acceptors (Lipinski definition) is 5. The fourth-order valence-corrected chi connectivity index (χ4v) is 4.73. The van der Waals surface area contributed by atoms with Gasteiger partial charge in [0.2, 0.25) is 10.0 Å². The summed E-state index contributed by atoms with van der Waals surface area (Å²) in [7, 11) is -3.63. The van der Waals surface area contributed by atoms with Crippen LogP contribution in [0.4, 0.5) is 5.69 Å². The van der Waals surface area contributed by atoms with Crippen LogP contribution >= 0.6 is 11.8 Å². The third kappa shape index (κ3) is 2.90. The molecule has 1 aromatic rings. The molecule has 19 heavy (non-hydrogen) atoms. The van der Waals surface area contributed by atoms with Crippen LogP contribution in [-0.4, -0.2) is 42.2 Å². The Morgan fingerprint density at radius 1 is 1.32 bits per heavy atom. The fourth-order valence-electron chi connectivity index (χ4n) is 1.91. The second kappa shape index (κ2) is 5.48. The maximum Gasteiger partial charge on any atom is 0.270 e. The number of aryl methyl sites for hydroxylation is 1. The van der Waals surface area contributed by atoms with Crippen molar-refractivity contribution in [2.75, 3.05) is 24.6 Å². The molecule has 0 aromatic heterocycles. The zero-order valence-electron chi connectivity index (χ0n) is 10.4. The highest BCUT2D eigenvalue weighted by Crippen LogP contribution is 2.26. The lowest BCUT2D eigenvalue weighted by atomic mass is 10.2. The summed E-state index contributed by atoms with van der Waals surface area (Å²) in [6.45, 7) is 2.56. The van der Waals surface area contributed by atoms with Crippen molar-refractivity contribution in [2.24, 2.45) is 0 Å². The maximum atomic E-state index is 12.5. The molecular weight excluding hydrogens is 288 g/mol. The highest BCUT2D eigenvalue weighted by Gasteiger charge is 2.28. The van der Waals surface area contributed by atoms with Gasteiger partial charge in [0.1, 0.15) is 0 Å². The van der Waals surface area contributed by atoms with Crippen LogP contribution in [0.2, 0.25) is 0 Å². The van der Waals surface area contributed by atoms with Crippen LogP contribution in [0.3, 0.4) is 0 Å². The van der Waals surface area contributed by atoms with E-state index in [2.05, 4.69) is 0 Å². The van der Waals surface area contributed by atoms with Crippen molar-refractivity contribution in [3.8, 4) is 0 Å². The number of nitro benzene ring substituents is 1. The van der Waals surface area contributed by atoms with Crippen molar-refractivity contribution in [3.05, 3.63) is 33.9 Å². The minimum atomic E-state index is -3.63. The smallest absolute Gasteiger partial charge is 0.258 e. The zero-order chi connectivity index (χ0) is 14.0. The van der Waals surface area contributed by atoms with Crippen LogP contribution < -0.4 is 0 Å². The standard InChI is InChI=1S/C11H14N2O4S2/c1-9-2-3-10(13(14)15)8-11(9)19(16,17)12-4-6-18-7-5-12/h2-3,8H,4-7H2,1H3. The normalized spacial score (nSPS) is 17.3. The van der Waals surface area contributed by atoms with Crippen molar-refractivity contribution in [3.63, 3.8) is 0 Å². The molecule has 0 N–H and O–H groups in total. The molecule has 1 fully saturated rings. The molecule has 1 heterocycles. The van der Waals surface area contributed by atoms with Crippen molar-refractivity contribution in [1.29, 1.82) is 0 Å². The number of nitro groups is 1. The number of rotatable bonds is 3. The predicted molar refractivity (Wildman–Crippen MR) is 73.9 cm³/mol. The van der Waals surface area contributed by atoms with E-state index in [9.17, 15) is 18.5 Å². The summed E-state index contributed by atoms with van der Waals surface area (Å²) in [4.78, 5) is 10.2. The third-order valence-electron chi connectivity index (χ3n) is 2.97. The molecule has 1 saturated heterocycles. The van der Waals surface area contributed by atoms with Crippen LogP contribution in [0.15, 0.2) is 23.1 Å². The van der Waals surface area contributed by atoms with E-state index in [4.69, 9.17) is 0 Å². The first-order valence-corrected chi connectivity index (χ1v) is 8.35. The number of hydrogen-bond donors (Lipinski definition) is 0. The second-order valence-corrected chi connectivity index (χ2v) is 7.35. The molecule has 1 aliphatic heterocycles. The molecule has 6 nitrogen and oxygen atoms in total. The van der Waals surface area contributed by atoms with E-state index in [1.54, 1.807) is 18.7 Å². The van der Waals surface area contributed by atoms with Crippen molar-refractivity contribution < 1.29 is 13.3 Å². The summed E-state index contributed by atoms with van der Waals surface area (Å²) < 4.78 is 26.4. The fraction of sp³-hybridized carbons (Fsp3) is 0.455. The van der Waals surface area contributed by atoms with E-state index in [-0.39, 0.29) is 10.6 Å². The van der Waals surface area contributed by atoms with Gasteiger partial charge in [-0.25, -0.2) is 8.42 Å². The minimum absolute atomic E-state index is 0.0357. The molecule has 104 valence electrons. The number of thioether (sulfide) groups is 1. The van der Waals surface area contributed by atoms with E-state index in [0.29, 0.717) is 18.7 Å². The monoisotopic (exact) mass is 302 g/mol. The summed E-state index contributed by atoms with van der Waals surface area (Å²) in [5, 5.41) is 10.8. The maximum absolute atomic E-state index is 12.5. The molecule has 0 aliphatic carbocycles. The van der Waals surface area contributed by atoms with Gasteiger partial charge in [0.05, 0.1) is 9.82 Å². The van der Waals surface area contributed by atoms with Crippen LogP contribution in [-0.2, 0) is 10.0 Å². The summed E-state index contributed by atoms with van der Waals surface area (Å²) in [6.07, 6.45) is 0. The topological polar surface area (TPSA) is 80.5 Å². The molecule has 0 saturated carbocycles. The van der Waals surface area contributed by atoms with E-state index >= 15 is 0 Å². The lowest BCUT2D eigenvalue weighted by molar-refractivity contribution is -0.385. The Balaban J connectivity index is 2.44. The molecule has 0 unspecified atom stereocenters. The third-order valence-corrected chi connectivity index (χ3v) is 5.95. The van der Waals surface area contributed by atoms with Gasteiger partial charge in [-0.3, -0.25) is 10.1 Å². The van der Waals surface area contributed by atoms with E-state index in [1.807, 2.05) is 0 Å². The van der Waals surface area contributed by atoms with Gasteiger partial charge in [0, 0.05) is 36.7 Å². The first kappa shape index (κ1) is 14.3. The van der Waals surface area contributed by atoms with Crippen molar-refractivity contribution in [2.45, 2.75) is 11.8 Å². The van der Waals surface area contributed by atoms with Crippen molar-refractivity contribution >= 4 is 27.5 Å². The summed E-state index contributed by atoms with van der Waals surface area (Å²) in [6, 6.07) is 3.94. The number of non-ortho nitro benzene ring substituents is 1. The molecule has 0 radical (unpaired) electrons. The van der Waals surface area contributed by atoms with Crippen LogP contribution in [0, 0.1) is 17.0 Å². The highest BCUT2D eigenvalue weighted by molar-refractivity contribution is 7.99. The number of nitrogens with zero attached hydrogens (tertiary/aromatic N) is 2. The molecule has 0 atom stereocenters. The largest absolute Gasteiger partial charge is 0.270 e. The number of sulfonamides is 1. The number of benzene rings is 1. The average Bonchev–Trinajstić information content (AvgIpc) is 2.39. The van der Waals surface area contributed by atoms with E-state index in [1.165, 1.54) is 16.4 Å². The molecule has 0 bridgehead atoms. The van der Waals surface area contributed by atoms with Gasteiger partial charge in [-0.1, -0.05) is 6.07 Å². The van der Waals surface area contributed by atoms with Gasteiger partial charge < -0.3 is 0 Å². The second-order valence-electron chi connectivity index (χ2n) is 4.22. The first-order valence-electron chi connectivity index (χ1n) is 5.76. The van der Waals surface area contributed by atoms with Crippen LogP contribution in [0.5, 0.6) is 0 Å². The van der Waals surface area contributed by atoms with Gasteiger partial charge in [0.25, 0.3) is 5.69 Å². The lowest BCUT2D eigenvalue weighted by Gasteiger charge is -2.26. The van der Waals surface area contributed by atoms with Crippen molar-refractivity contribution in [1.82, 2.24) is 4.31 Å². The summed E-state index contributed by atoms with van der Waals surface area (Å²) in [5.41, 5.74) is 0.333. The Morgan fingerprint density at radius 3 is 2.53 bits per heavy atom. The van der Waals surface area contributed by atoms with E-state index < -0.39 is 14.9 Å². The predicted octanol–water partition coefficient (Wildman–Crippen LogP) is 1.64. The van der Waals surface area contributed by atoms with E-state index in [0.717, 1.165) is 17.6 Å². The quantitative estimate of drug-likeness (QED) is 0.626. The average molecular weight is 302 g/mol. The molecule has 0 amide bonds. The Labute approximate surface area is 116 Å². The van der Waals surface area contributed by atoms with Gasteiger partial charge in [-0.2, -0.15) is 16.1 Å². The Hall–Kier alpha value is -1.12. The van der Waals surface area contributed by atoms with Gasteiger partial charge >= 0.3 is 0 Å². The minimum Gasteiger partial charge on any atom is -0.258 e. The first-order chi connectivity index (χ1) is 8.93.